The minimum absolute atomic E-state index is 0.473. The van der Waals surface area contributed by atoms with Crippen LogP contribution in [0.1, 0.15) is 0 Å². The van der Waals surface area contributed by atoms with Crippen LogP contribution in [-0.2, 0) is 0 Å². The maximum Gasteiger partial charge on any atom is 0.128 e. The van der Waals surface area contributed by atoms with Crippen LogP contribution in [0.5, 0.6) is 5.75 Å². The molecule has 0 bridgehead atoms. The number of rotatable bonds is 3. The summed E-state index contributed by atoms with van der Waals surface area (Å²) in [5.41, 5.74) is 3.80. The number of para-hydroxylation sites is 1. The third-order valence-electron chi connectivity index (χ3n) is 4.36. The largest absolute Gasteiger partial charge is 0.488 e. The van der Waals surface area contributed by atoms with E-state index in [-0.39, 0.29) is 0 Å². The van der Waals surface area contributed by atoms with E-state index in [1.54, 1.807) is 0 Å². The fraction of sp³-hybridized carbons (Fsp3) is 0.143. The third-order valence-corrected chi connectivity index (χ3v) is 6.67. The summed E-state index contributed by atoms with van der Waals surface area (Å²) < 4.78 is 6.04. The normalized spacial score (nSPS) is 15.7. The van der Waals surface area contributed by atoms with Gasteiger partial charge >= 0.3 is 0 Å². The first-order valence-electron chi connectivity index (χ1n) is 8.11. The van der Waals surface area contributed by atoms with Crippen molar-refractivity contribution < 1.29 is 4.74 Å². The molecule has 0 saturated carbocycles. The quantitative estimate of drug-likeness (QED) is 0.666. The van der Waals surface area contributed by atoms with Crippen LogP contribution in [0.3, 0.4) is 0 Å². The Balaban J connectivity index is 1.90. The molecular formula is C21H20NOP. The predicted octanol–water partition coefficient (Wildman–Crippen LogP) is 4.20. The molecule has 24 heavy (non-hydrogen) atoms. The Morgan fingerprint density at radius 1 is 0.792 bits per heavy atom. The number of ether oxygens (including phenoxy) is 1. The molecule has 1 unspecified atom stereocenters. The molecule has 1 aliphatic heterocycles. The average Bonchev–Trinajstić information content (AvgIpc) is 3.06. The maximum atomic E-state index is 6.04. The zero-order chi connectivity index (χ0) is 16.5. The Morgan fingerprint density at radius 2 is 1.50 bits per heavy atom. The van der Waals surface area contributed by atoms with E-state index in [4.69, 9.17) is 4.74 Å². The highest BCUT2D eigenvalue weighted by atomic mass is 31.1. The van der Waals surface area contributed by atoms with Crippen molar-refractivity contribution in [2.45, 2.75) is 0 Å². The van der Waals surface area contributed by atoms with Crippen LogP contribution in [0.25, 0.3) is 11.1 Å². The molecule has 4 rings (SSSR count). The van der Waals surface area contributed by atoms with E-state index in [2.05, 4.69) is 91.8 Å². The van der Waals surface area contributed by atoms with Gasteiger partial charge in [0, 0.05) is 30.7 Å². The number of anilines is 1. The van der Waals surface area contributed by atoms with Crippen LogP contribution in [0.4, 0.5) is 5.69 Å². The van der Waals surface area contributed by atoms with Gasteiger partial charge in [0.25, 0.3) is 0 Å². The fourth-order valence-electron chi connectivity index (χ4n) is 3.24. The van der Waals surface area contributed by atoms with Crippen molar-refractivity contribution in [1.82, 2.24) is 0 Å². The van der Waals surface area contributed by atoms with Gasteiger partial charge in [-0.3, -0.25) is 0 Å². The molecular weight excluding hydrogens is 313 g/mol. The van der Waals surface area contributed by atoms with Crippen molar-refractivity contribution in [2.75, 3.05) is 25.3 Å². The smallest absolute Gasteiger partial charge is 0.128 e. The molecule has 0 radical (unpaired) electrons. The number of benzene rings is 3. The molecule has 120 valence electrons. The van der Waals surface area contributed by atoms with Gasteiger partial charge in [-0.25, -0.2) is 0 Å². The highest BCUT2D eigenvalue weighted by Crippen LogP contribution is 2.47. The van der Waals surface area contributed by atoms with E-state index in [9.17, 15) is 0 Å². The van der Waals surface area contributed by atoms with E-state index in [1.165, 1.54) is 27.4 Å². The molecule has 1 atom stereocenters. The average molecular weight is 333 g/mol. The lowest BCUT2D eigenvalue weighted by Gasteiger charge is -2.20. The molecule has 3 aromatic carbocycles. The van der Waals surface area contributed by atoms with Crippen molar-refractivity contribution in [3.63, 3.8) is 0 Å². The minimum atomic E-state index is -0.473. The van der Waals surface area contributed by atoms with E-state index in [0.29, 0.717) is 0 Å². The fourth-order valence-corrected chi connectivity index (χ4v) is 5.46. The van der Waals surface area contributed by atoms with Gasteiger partial charge in [0.05, 0.1) is 0 Å². The summed E-state index contributed by atoms with van der Waals surface area (Å²) in [5, 5.41) is 2.74. The van der Waals surface area contributed by atoms with E-state index in [0.717, 1.165) is 12.1 Å². The highest BCUT2D eigenvalue weighted by Gasteiger charge is 2.29. The molecule has 3 aromatic rings. The summed E-state index contributed by atoms with van der Waals surface area (Å²) in [5.74, 6) is 1.04. The van der Waals surface area contributed by atoms with Gasteiger partial charge in [0.2, 0.25) is 0 Å². The van der Waals surface area contributed by atoms with Gasteiger partial charge in [-0.15, -0.1) is 0 Å². The Kier molecular flexibility index (Phi) is 4.00. The molecule has 0 aliphatic carbocycles. The molecule has 0 saturated heterocycles. The molecule has 0 spiro atoms. The second-order valence-electron chi connectivity index (χ2n) is 6.10. The molecule has 3 heteroatoms. The molecule has 0 amide bonds. The zero-order valence-corrected chi connectivity index (χ0v) is 14.8. The van der Waals surface area contributed by atoms with Crippen LogP contribution in [0, 0.1) is 0 Å². The molecule has 1 aliphatic rings. The molecule has 0 N–H and O–H groups in total. The Hall–Kier alpha value is -2.31. The summed E-state index contributed by atoms with van der Waals surface area (Å²) in [4.78, 5) is 2.18. The van der Waals surface area contributed by atoms with Crippen LogP contribution in [-0.4, -0.2) is 20.4 Å². The summed E-state index contributed by atoms with van der Waals surface area (Å²) in [6.07, 6.45) is 0.774. The first-order chi connectivity index (χ1) is 11.8. The lowest BCUT2D eigenvalue weighted by Crippen LogP contribution is -2.14. The van der Waals surface area contributed by atoms with Crippen molar-refractivity contribution in [2.24, 2.45) is 0 Å². The van der Waals surface area contributed by atoms with Crippen molar-refractivity contribution in [1.29, 1.82) is 0 Å². The summed E-state index contributed by atoms with van der Waals surface area (Å²) in [6.45, 7) is 0. The number of fused-ring (bicyclic) bond motifs is 1. The highest BCUT2D eigenvalue weighted by molar-refractivity contribution is 7.73. The van der Waals surface area contributed by atoms with E-state index >= 15 is 0 Å². The van der Waals surface area contributed by atoms with Crippen LogP contribution >= 0.6 is 7.92 Å². The summed E-state index contributed by atoms with van der Waals surface area (Å²) in [7, 11) is 3.72. The van der Waals surface area contributed by atoms with Crippen LogP contribution in [0.15, 0.2) is 72.8 Å². The lowest BCUT2D eigenvalue weighted by atomic mass is 10.0. The van der Waals surface area contributed by atoms with Crippen molar-refractivity contribution in [3.8, 4) is 16.9 Å². The van der Waals surface area contributed by atoms with Crippen molar-refractivity contribution in [3.05, 3.63) is 72.8 Å². The Morgan fingerprint density at radius 3 is 2.29 bits per heavy atom. The number of nitrogens with zero attached hydrogens (tertiary/aromatic N) is 1. The van der Waals surface area contributed by atoms with Gasteiger partial charge in [-0.05, 0) is 30.9 Å². The minimum Gasteiger partial charge on any atom is -0.488 e. The van der Waals surface area contributed by atoms with E-state index < -0.39 is 7.92 Å². The van der Waals surface area contributed by atoms with Gasteiger partial charge in [-0.2, -0.15) is 0 Å². The summed E-state index contributed by atoms with van der Waals surface area (Å²) >= 11 is 0. The van der Waals surface area contributed by atoms with Gasteiger partial charge in [0.15, 0.2) is 0 Å². The second kappa shape index (κ2) is 6.30. The Labute approximate surface area is 144 Å². The summed E-state index contributed by atoms with van der Waals surface area (Å²) in [6, 6.07) is 25.8. The third kappa shape index (κ3) is 2.57. The molecule has 2 nitrogen and oxygen atoms in total. The Bertz CT molecular complexity index is 861. The predicted molar refractivity (Wildman–Crippen MR) is 104 cm³/mol. The number of hydrogen-bond acceptors (Lipinski definition) is 2. The topological polar surface area (TPSA) is 12.5 Å². The van der Waals surface area contributed by atoms with Gasteiger partial charge < -0.3 is 9.64 Å². The van der Waals surface area contributed by atoms with Crippen molar-refractivity contribution >= 4 is 24.2 Å². The lowest BCUT2D eigenvalue weighted by molar-refractivity contribution is 0.403. The SMILES string of the molecule is CN(C)c1ccccc1-c1cccc2c1P(c1ccccc1)CO2. The maximum absolute atomic E-state index is 6.04. The van der Waals surface area contributed by atoms with Crippen LogP contribution in [0.2, 0.25) is 0 Å². The standard InChI is InChI=1S/C21H20NOP/c1-22(2)19-13-7-6-11-17(19)18-12-8-14-20-21(18)24(15-23-20)16-9-4-3-5-10-16/h3-14H,15H2,1-2H3. The molecule has 0 fully saturated rings. The van der Waals surface area contributed by atoms with Gasteiger partial charge in [0.1, 0.15) is 12.1 Å². The first-order valence-corrected chi connectivity index (χ1v) is 9.63. The number of hydrogen-bond donors (Lipinski definition) is 0. The monoisotopic (exact) mass is 333 g/mol. The first kappa shape index (κ1) is 15.2. The second-order valence-corrected chi connectivity index (χ2v) is 8.18. The van der Waals surface area contributed by atoms with Gasteiger partial charge in [-0.1, -0.05) is 60.7 Å². The molecule has 0 aromatic heterocycles. The molecule has 1 heterocycles. The van der Waals surface area contributed by atoms with E-state index in [1.807, 2.05) is 0 Å². The zero-order valence-electron chi connectivity index (χ0n) is 13.9. The van der Waals surface area contributed by atoms with Crippen LogP contribution < -0.4 is 20.2 Å².